The number of rotatable bonds is 4. The molecule has 1 rings (SSSR count). The normalized spacial score (nSPS) is 9.73. The standard InChI is InChI=1S/C10H13NO4/c1-3-14-9(12)5-11-10(13)8-4-7(2)15-6-8/h4,6H,3,5H2,1-2H3,(H,11,13). The third-order valence-electron chi connectivity index (χ3n) is 1.69. The van der Waals surface area contributed by atoms with Gasteiger partial charge < -0.3 is 14.5 Å². The summed E-state index contributed by atoms with van der Waals surface area (Å²) in [5.41, 5.74) is 0.400. The lowest BCUT2D eigenvalue weighted by molar-refractivity contribution is -0.141. The fourth-order valence-electron chi connectivity index (χ4n) is 1.03. The SMILES string of the molecule is CCOC(=O)CNC(=O)c1coc(C)c1. The Morgan fingerprint density at radius 1 is 1.53 bits per heavy atom. The molecule has 0 unspecified atom stereocenters. The molecule has 0 aliphatic heterocycles. The molecule has 0 spiro atoms. The second-order valence-corrected chi connectivity index (χ2v) is 2.93. The summed E-state index contributed by atoms with van der Waals surface area (Å²) in [7, 11) is 0. The highest BCUT2D eigenvalue weighted by Gasteiger charge is 2.10. The van der Waals surface area contributed by atoms with Crippen molar-refractivity contribution in [3.8, 4) is 0 Å². The summed E-state index contributed by atoms with van der Waals surface area (Å²) in [5, 5.41) is 2.42. The average molecular weight is 211 g/mol. The lowest BCUT2D eigenvalue weighted by atomic mass is 10.3. The van der Waals surface area contributed by atoms with Crippen LogP contribution >= 0.6 is 0 Å². The molecule has 0 fully saturated rings. The fourth-order valence-corrected chi connectivity index (χ4v) is 1.03. The molecule has 82 valence electrons. The molecule has 1 heterocycles. The molecule has 1 aromatic heterocycles. The van der Waals surface area contributed by atoms with E-state index in [0.29, 0.717) is 17.9 Å². The Bertz CT molecular complexity index is 356. The van der Waals surface area contributed by atoms with Crippen molar-refractivity contribution >= 4 is 11.9 Å². The Kier molecular flexibility index (Phi) is 3.91. The van der Waals surface area contributed by atoms with Gasteiger partial charge in [0.25, 0.3) is 5.91 Å². The minimum absolute atomic E-state index is 0.128. The van der Waals surface area contributed by atoms with Crippen molar-refractivity contribution in [2.24, 2.45) is 0 Å². The first-order chi connectivity index (χ1) is 7.13. The highest BCUT2D eigenvalue weighted by Crippen LogP contribution is 2.05. The van der Waals surface area contributed by atoms with E-state index < -0.39 is 5.97 Å². The van der Waals surface area contributed by atoms with Crippen molar-refractivity contribution in [3.63, 3.8) is 0 Å². The van der Waals surface area contributed by atoms with Gasteiger partial charge in [-0.2, -0.15) is 0 Å². The first-order valence-corrected chi connectivity index (χ1v) is 4.62. The van der Waals surface area contributed by atoms with Crippen LogP contribution < -0.4 is 5.32 Å². The Labute approximate surface area is 87.4 Å². The molecule has 1 amide bonds. The summed E-state index contributed by atoms with van der Waals surface area (Å²) >= 11 is 0. The van der Waals surface area contributed by atoms with Crippen LogP contribution in [0.4, 0.5) is 0 Å². The van der Waals surface area contributed by atoms with E-state index >= 15 is 0 Å². The van der Waals surface area contributed by atoms with Crippen LogP contribution in [0.3, 0.4) is 0 Å². The lowest BCUT2D eigenvalue weighted by Gasteiger charge is -2.02. The minimum Gasteiger partial charge on any atom is -0.469 e. The number of ether oxygens (including phenoxy) is 1. The van der Waals surface area contributed by atoms with Crippen molar-refractivity contribution in [1.29, 1.82) is 0 Å². The van der Waals surface area contributed by atoms with E-state index in [9.17, 15) is 9.59 Å². The molecule has 0 saturated heterocycles. The van der Waals surface area contributed by atoms with Crippen LogP contribution in [0, 0.1) is 6.92 Å². The number of amides is 1. The topological polar surface area (TPSA) is 68.5 Å². The van der Waals surface area contributed by atoms with Crippen LogP contribution in [0.15, 0.2) is 16.7 Å². The van der Waals surface area contributed by atoms with E-state index in [2.05, 4.69) is 10.1 Å². The number of aryl methyl sites for hydroxylation is 1. The van der Waals surface area contributed by atoms with E-state index in [4.69, 9.17) is 4.42 Å². The number of furan rings is 1. The zero-order valence-electron chi connectivity index (χ0n) is 8.70. The summed E-state index contributed by atoms with van der Waals surface area (Å²) in [6, 6.07) is 1.60. The number of hydrogen-bond donors (Lipinski definition) is 1. The van der Waals surface area contributed by atoms with Gasteiger partial charge in [0, 0.05) is 0 Å². The molecule has 15 heavy (non-hydrogen) atoms. The minimum atomic E-state index is -0.453. The molecular formula is C10H13NO4. The van der Waals surface area contributed by atoms with Crippen LogP contribution in [-0.2, 0) is 9.53 Å². The molecular weight excluding hydrogens is 198 g/mol. The van der Waals surface area contributed by atoms with Crippen molar-refractivity contribution < 1.29 is 18.7 Å². The van der Waals surface area contributed by atoms with E-state index in [1.54, 1.807) is 19.9 Å². The molecule has 0 bridgehead atoms. The van der Waals surface area contributed by atoms with E-state index in [0.717, 1.165) is 0 Å². The van der Waals surface area contributed by atoms with Gasteiger partial charge in [-0.05, 0) is 19.9 Å². The van der Waals surface area contributed by atoms with Crippen LogP contribution in [0.5, 0.6) is 0 Å². The Hall–Kier alpha value is -1.78. The maximum Gasteiger partial charge on any atom is 0.325 e. The number of hydrogen-bond acceptors (Lipinski definition) is 4. The van der Waals surface area contributed by atoms with Gasteiger partial charge in [-0.15, -0.1) is 0 Å². The highest BCUT2D eigenvalue weighted by molar-refractivity contribution is 5.95. The largest absolute Gasteiger partial charge is 0.469 e. The van der Waals surface area contributed by atoms with E-state index in [-0.39, 0.29) is 12.5 Å². The zero-order valence-corrected chi connectivity index (χ0v) is 8.70. The molecule has 1 N–H and O–H groups in total. The third kappa shape index (κ3) is 3.46. The van der Waals surface area contributed by atoms with Crippen molar-refractivity contribution in [3.05, 3.63) is 23.7 Å². The molecule has 0 atom stereocenters. The number of carbonyl (C=O) groups is 2. The van der Waals surface area contributed by atoms with Crippen LogP contribution in [-0.4, -0.2) is 25.0 Å². The van der Waals surface area contributed by atoms with Crippen molar-refractivity contribution in [2.75, 3.05) is 13.2 Å². The zero-order chi connectivity index (χ0) is 11.3. The van der Waals surface area contributed by atoms with Gasteiger partial charge in [0.1, 0.15) is 18.6 Å². The number of nitrogens with one attached hydrogen (secondary N) is 1. The second kappa shape index (κ2) is 5.19. The molecule has 0 saturated carbocycles. The van der Waals surface area contributed by atoms with Gasteiger partial charge in [-0.1, -0.05) is 0 Å². The first-order valence-electron chi connectivity index (χ1n) is 4.62. The number of esters is 1. The Balaban J connectivity index is 2.40. The average Bonchev–Trinajstić information content (AvgIpc) is 2.62. The van der Waals surface area contributed by atoms with E-state index in [1.807, 2.05) is 0 Å². The molecule has 1 aromatic rings. The fraction of sp³-hybridized carbons (Fsp3) is 0.400. The van der Waals surface area contributed by atoms with Gasteiger partial charge in [0.05, 0.1) is 12.2 Å². The van der Waals surface area contributed by atoms with Crippen LogP contribution in [0.2, 0.25) is 0 Å². The summed E-state index contributed by atoms with van der Waals surface area (Å²) < 4.78 is 9.62. The predicted molar refractivity (Wildman–Crippen MR) is 52.4 cm³/mol. The van der Waals surface area contributed by atoms with Crippen molar-refractivity contribution in [1.82, 2.24) is 5.32 Å². The maximum atomic E-state index is 11.4. The van der Waals surface area contributed by atoms with Crippen LogP contribution in [0.1, 0.15) is 23.0 Å². The monoisotopic (exact) mass is 211 g/mol. The highest BCUT2D eigenvalue weighted by atomic mass is 16.5. The Morgan fingerprint density at radius 2 is 2.27 bits per heavy atom. The van der Waals surface area contributed by atoms with Gasteiger partial charge >= 0.3 is 5.97 Å². The quantitative estimate of drug-likeness (QED) is 0.750. The van der Waals surface area contributed by atoms with Gasteiger partial charge in [-0.3, -0.25) is 9.59 Å². The summed E-state index contributed by atoms with van der Waals surface area (Å²) in [6.07, 6.45) is 1.34. The van der Waals surface area contributed by atoms with Crippen LogP contribution in [0.25, 0.3) is 0 Å². The van der Waals surface area contributed by atoms with Gasteiger partial charge in [-0.25, -0.2) is 0 Å². The molecule has 0 aliphatic rings. The summed E-state index contributed by atoms with van der Waals surface area (Å²) in [6.45, 7) is 3.62. The van der Waals surface area contributed by atoms with E-state index in [1.165, 1.54) is 6.26 Å². The van der Waals surface area contributed by atoms with Gasteiger partial charge in [0.15, 0.2) is 0 Å². The number of carbonyl (C=O) groups excluding carboxylic acids is 2. The summed E-state index contributed by atoms with van der Waals surface area (Å²) in [4.78, 5) is 22.3. The molecule has 5 heteroatoms. The first kappa shape index (κ1) is 11.3. The lowest BCUT2D eigenvalue weighted by Crippen LogP contribution is -2.30. The predicted octanol–water partition coefficient (Wildman–Crippen LogP) is 0.881. The molecule has 0 radical (unpaired) electrons. The Morgan fingerprint density at radius 3 is 2.80 bits per heavy atom. The second-order valence-electron chi connectivity index (χ2n) is 2.93. The molecule has 0 aromatic carbocycles. The smallest absolute Gasteiger partial charge is 0.325 e. The third-order valence-corrected chi connectivity index (χ3v) is 1.69. The summed E-state index contributed by atoms with van der Waals surface area (Å²) in [5.74, 6) is -0.151. The molecule has 5 nitrogen and oxygen atoms in total. The van der Waals surface area contributed by atoms with Crippen molar-refractivity contribution in [2.45, 2.75) is 13.8 Å². The van der Waals surface area contributed by atoms with Gasteiger partial charge in [0.2, 0.25) is 0 Å². The maximum absolute atomic E-state index is 11.4. The molecule has 0 aliphatic carbocycles.